The molecule has 3 aromatic rings. The van der Waals surface area contributed by atoms with Crippen LogP contribution in [0.25, 0.3) is 0 Å². The lowest BCUT2D eigenvalue weighted by Gasteiger charge is -2.21. The van der Waals surface area contributed by atoms with Crippen LogP contribution in [0, 0.1) is 10.1 Å². The molecule has 0 bridgehead atoms. The molecule has 1 heterocycles. The summed E-state index contributed by atoms with van der Waals surface area (Å²) in [5.74, 6) is 1.30. The van der Waals surface area contributed by atoms with Crippen LogP contribution in [-0.2, 0) is 17.1 Å². The van der Waals surface area contributed by atoms with E-state index in [9.17, 15) is 14.9 Å². The molecule has 220 valence electrons. The fraction of sp³-hybridized carbons (Fsp3) is 0.429. The predicted molar refractivity (Wildman–Crippen MR) is 164 cm³/mol. The number of thioether (sulfide) groups is 1. The second kappa shape index (κ2) is 16.7. The molecule has 0 fully saturated rings. The Balaban J connectivity index is 1.66. The molecule has 0 saturated carbocycles. The van der Waals surface area contributed by atoms with Crippen molar-refractivity contribution in [3.05, 3.63) is 74.8 Å². The van der Waals surface area contributed by atoms with Crippen LogP contribution in [-0.4, -0.2) is 62.9 Å². The molecule has 3 rings (SSSR count). The summed E-state index contributed by atoms with van der Waals surface area (Å²) < 4.78 is 0. The van der Waals surface area contributed by atoms with Crippen molar-refractivity contribution in [2.45, 2.75) is 57.1 Å². The number of hydrogen-bond donors (Lipinski definition) is 3. The molecule has 1 unspecified atom stereocenters. The Kier molecular flexibility index (Phi) is 13.1. The summed E-state index contributed by atoms with van der Waals surface area (Å²) in [5, 5.41) is 22.6. The van der Waals surface area contributed by atoms with Gasteiger partial charge in [-0.05, 0) is 31.0 Å². The van der Waals surface area contributed by atoms with Gasteiger partial charge in [-0.3, -0.25) is 14.9 Å². The van der Waals surface area contributed by atoms with E-state index in [2.05, 4.69) is 44.7 Å². The minimum Gasteiger partial charge on any atom is -0.353 e. The standard InChI is InChI=1S/C28H37ClN8O3S/c1-4-7-20(2)30-14-15-31-26-33-27(35-28(34-26)41-19-22-10-12-24(29)13-11-22)32-16-17-36(21(3)38)18-23-8-5-6-9-25(23)37(39)40/h5-6,8-13,20,30H,4,7,14-19H2,1-3H3,(H2,31,32,33,34,35). The van der Waals surface area contributed by atoms with Crippen LogP contribution in [0.15, 0.2) is 53.7 Å². The third-order valence-electron chi connectivity index (χ3n) is 6.18. The number of para-hydroxylation sites is 1. The van der Waals surface area contributed by atoms with Gasteiger partial charge in [-0.2, -0.15) is 15.0 Å². The highest BCUT2D eigenvalue weighted by Gasteiger charge is 2.17. The zero-order valence-corrected chi connectivity index (χ0v) is 25.2. The number of halogens is 1. The van der Waals surface area contributed by atoms with E-state index in [0.29, 0.717) is 59.1 Å². The first-order valence-electron chi connectivity index (χ1n) is 13.6. The number of nitro benzene ring substituents is 1. The van der Waals surface area contributed by atoms with Crippen molar-refractivity contribution in [2.75, 3.05) is 36.8 Å². The van der Waals surface area contributed by atoms with Crippen LogP contribution in [0.1, 0.15) is 44.7 Å². The summed E-state index contributed by atoms with van der Waals surface area (Å²) in [4.78, 5) is 38.5. The molecule has 2 aromatic carbocycles. The van der Waals surface area contributed by atoms with E-state index in [1.54, 1.807) is 23.1 Å². The third kappa shape index (κ3) is 11.1. The average Bonchev–Trinajstić information content (AvgIpc) is 2.95. The lowest BCUT2D eigenvalue weighted by molar-refractivity contribution is -0.385. The average molecular weight is 601 g/mol. The number of aromatic nitrogens is 3. The highest BCUT2D eigenvalue weighted by Crippen LogP contribution is 2.23. The maximum atomic E-state index is 12.3. The van der Waals surface area contributed by atoms with Crippen molar-refractivity contribution in [3.63, 3.8) is 0 Å². The largest absolute Gasteiger partial charge is 0.353 e. The van der Waals surface area contributed by atoms with E-state index in [1.165, 1.54) is 24.8 Å². The topological polar surface area (TPSA) is 138 Å². The van der Waals surface area contributed by atoms with Crippen LogP contribution in [0.4, 0.5) is 17.6 Å². The summed E-state index contributed by atoms with van der Waals surface area (Å²) in [6, 6.07) is 14.5. The number of hydrogen-bond acceptors (Lipinski definition) is 10. The Morgan fingerprint density at radius 2 is 1.73 bits per heavy atom. The van der Waals surface area contributed by atoms with Crippen molar-refractivity contribution in [1.82, 2.24) is 25.2 Å². The van der Waals surface area contributed by atoms with E-state index >= 15 is 0 Å². The van der Waals surface area contributed by atoms with Gasteiger partial charge >= 0.3 is 0 Å². The van der Waals surface area contributed by atoms with Crippen LogP contribution in [0.5, 0.6) is 0 Å². The van der Waals surface area contributed by atoms with Gasteiger partial charge in [-0.1, -0.05) is 67.0 Å². The number of nitrogens with zero attached hydrogens (tertiary/aromatic N) is 5. The molecule has 11 nitrogen and oxygen atoms in total. The van der Waals surface area contributed by atoms with E-state index in [1.807, 2.05) is 24.3 Å². The molecule has 13 heteroatoms. The first kappa shape index (κ1) is 32.0. The summed E-state index contributed by atoms with van der Waals surface area (Å²) in [6.07, 6.45) is 2.24. The molecule has 1 aromatic heterocycles. The molecule has 1 atom stereocenters. The van der Waals surface area contributed by atoms with Gasteiger partial charge < -0.3 is 20.9 Å². The lowest BCUT2D eigenvalue weighted by atomic mass is 10.1. The number of amides is 1. The van der Waals surface area contributed by atoms with Crippen molar-refractivity contribution < 1.29 is 9.72 Å². The van der Waals surface area contributed by atoms with Crippen LogP contribution >= 0.6 is 23.4 Å². The number of nitrogens with one attached hydrogen (secondary N) is 3. The van der Waals surface area contributed by atoms with Gasteiger partial charge in [-0.15, -0.1) is 0 Å². The molecule has 0 aliphatic rings. The van der Waals surface area contributed by atoms with Crippen molar-refractivity contribution in [1.29, 1.82) is 0 Å². The van der Waals surface area contributed by atoms with Crippen molar-refractivity contribution in [2.24, 2.45) is 0 Å². The zero-order valence-electron chi connectivity index (χ0n) is 23.6. The first-order chi connectivity index (χ1) is 19.7. The van der Waals surface area contributed by atoms with Gasteiger partial charge in [0.25, 0.3) is 5.69 Å². The summed E-state index contributed by atoms with van der Waals surface area (Å²) in [7, 11) is 0. The number of benzene rings is 2. The molecular formula is C28H37ClN8O3S. The van der Waals surface area contributed by atoms with Gasteiger partial charge in [0.2, 0.25) is 17.8 Å². The molecule has 0 spiro atoms. The minimum atomic E-state index is -0.436. The fourth-order valence-corrected chi connectivity index (χ4v) is 4.93. The Bertz CT molecular complexity index is 1280. The smallest absolute Gasteiger partial charge is 0.274 e. The van der Waals surface area contributed by atoms with Crippen LogP contribution in [0.3, 0.4) is 0 Å². The number of carbonyl (C=O) groups is 1. The number of carbonyl (C=O) groups excluding carboxylic acids is 1. The fourth-order valence-electron chi connectivity index (χ4n) is 4.01. The Labute approximate surface area is 250 Å². The summed E-state index contributed by atoms with van der Waals surface area (Å²) in [5.41, 5.74) is 1.55. The van der Waals surface area contributed by atoms with Gasteiger partial charge in [0.15, 0.2) is 5.16 Å². The normalized spacial score (nSPS) is 11.6. The van der Waals surface area contributed by atoms with Gasteiger partial charge in [-0.25, -0.2) is 0 Å². The van der Waals surface area contributed by atoms with Gasteiger partial charge in [0, 0.05) is 61.5 Å². The summed E-state index contributed by atoms with van der Waals surface area (Å²) >= 11 is 7.49. The number of rotatable bonds is 17. The second-order valence-electron chi connectivity index (χ2n) is 9.50. The monoisotopic (exact) mass is 600 g/mol. The molecule has 0 saturated heterocycles. The molecule has 3 N–H and O–H groups in total. The molecular weight excluding hydrogens is 564 g/mol. The molecule has 1 amide bonds. The maximum absolute atomic E-state index is 12.3. The lowest BCUT2D eigenvalue weighted by Crippen LogP contribution is -2.33. The predicted octanol–water partition coefficient (Wildman–Crippen LogP) is 5.38. The van der Waals surface area contributed by atoms with E-state index < -0.39 is 4.92 Å². The maximum Gasteiger partial charge on any atom is 0.274 e. The third-order valence-corrected chi connectivity index (χ3v) is 7.35. The van der Waals surface area contributed by atoms with E-state index in [0.717, 1.165) is 24.9 Å². The SMILES string of the molecule is CCCC(C)NCCNc1nc(NCCN(Cc2ccccc2[N+](=O)[O-])C(C)=O)nc(SCc2ccc(Cl)cc2)n1. The number of anilines is 2. The molecule has 0 radical (unpaired) electrons. The molecule has 0 aliphatic heterocycles. The first-order valence-corrected chi connectivity index (χ1v) is 14.9. The van der Waals surface area contributed by atoms with E-state index in [-0.39, 0.29) is 18.1 Å². The second-order valence-corrected chi connectivity index (χ2v) is 10.9. The van der Waals surface area contributed by atoms with Gasteiger partial charge in [0.1, 0.15) is 0 Å². The zero-order chi connectivity index (χ0) is 29.6. The highest BCUT2D eigenvalue weighted by molar-refractivity contribution is 7.98. The quantitative estimate of drug-likeness (QED) is 0.0801. The minimum absolute atomic E-state index is 0.0131. The van der Waals surface area contributed by atoms with Crippen molar-refractivity contribution >= 4 is 46.9 Å². The van der Waals surface area contributed by atoms with Gasteiger partial charge in [0.05, 0.1) is 11.5 Å². The summed E-state index contributed by atoms with van der Waals surface area (Å²) in [6.45, 7) is 7.98. The van der Waals surface area contributed by atoms with Crippen LogP contribution in [0.2, 0.25) is 5.02 Å². The molecule has 41 heavy (non-hydrogen) atoms. The Hall–Kier alpha value is -3.48. The number of nitro groups is 1. The van der Waals surface area contributed by atoms with Crippen molar-refractivity contribution in [3.8, 4) is 0 Å². The molecule has 0 aliphatic carbocycles. The van der Waals surface area contributed by atoms with Crippen LogP contribution < -0.4 is 16.0 Å². The Morgan fingerprint density at radius 3 is 2.39 bits per heavy atom. The Morgan fingerprint density at radius 1 is 1.05 bits per heavy atom. The van der Waals surface area contributed by atoms with E-state index in [4.69, 9.17) is 11.6 Å². The highest BCUT2D eigenvalue weighted by atomic mass is 35.5.